The first-order valence-corrected chi connectivity index (χ1v) is 6.30. The number of aryl methyl sites for hydroxylation is 2. The molecule has 0 aromatic heterocycles. The van der Waals surface area contributed by atoms with Gasteiger partial charge in [-0.15, -0.1) is 0 Å². The van der Waals surface area contributed by atoms with Crippen LogP contribution in [-0.2, 0) is 0 Å². The molecule has 0 aliphatic rings. The molecule has 2 rings (SSSR count). The minimum Gasteiger partial charge on any atom is -0.292 e. The number of nitriles is 1. The van der Waals surface area contributed by atoms with Crippen molar-refractivity contribution in [2.24, 2.45) is 0 Å². The Kier molecular flexibility index (Phi) is 3.95. The maximum atomic E-state index is 13.9. The molecule has 0 saturated heterocycles. The van der Waals surface area contributed by atoms with E-state index in [1.807, 2.05) is 25.1 Å². The minimum atomic E-state index is -0.978. The first kappa shape index (κ1) is 14.0. The third kappa shape index (κ3) is 2.60. The lowest BCUT2D eigenvalue weighted by molar-refractivity contribution is 0.0974. The van der Waals surface area contributed by atoms with Crippen LogP contribution in [-0.4, -0.2) is 5.78 Å². The number of ketones is 1. The maximum absolute atomic E-state index is 13.9. The van der Waals surface area contributed by atoms with Crippen molar-refractivity contribution in [3.05, 3.63) is 70.5 Å². The molecule has 1 unspecified atom stereocenters. The Morgan fingerprint density at radius 1 is 1.20 bits per heavy atom. The van der Waals surface area contributed by atoms with Crippen molar-refractivity contribution < 1.29 is 9.18 Å². The van der Waals surface area contributed by atoms with Gasteiger partial charge in [-0.1, -0.05) is 30.3 Å². The second-order valence-corrected chi connectivity index (χ2v) is 4.77. The van der Waals surface area contributed by atoms with Crippen LogP contribution in [0.2, 0.25) is 0 Å². The van der Waals surface area contributed by atoms with Crippen molar-refractivity contribution in [2.75, 3.05) is 0 Å². The van der Waals surface area contributed by atoms with Crippen LogP contribution in [0.4, 0.5) is 4.39 Å². The molecule has 100 valence electrons. The molecule has 1 atom stereocenters. The van der Waals surface area contributed by atoms with Gasteiger partial charge in [0.05, 0.1) is 11.6 Å². The molecular weight excluding hydrogens is 253 g/mol. The summed E-state index contributed by atoms with van der Waals surface area (Å²) in [5.74, 6) is -2.06. The predicted octanol–water partition coefficient (Wildman–Crippen LogP) is 3.93. The standard InChI is InChI=1S/C17H14FNO/c1-11-7-8-14(16(18)9-11)17(20)15(10-19)13-6-4-3-5-12(13)2/h3-9,15H,1-2H3. The van der Waals surface area contributed by atoms with Crippen molar-refractivity contribution in [1.82, 2.24) is 0 Å². The largest absolute Gasteiger partial charge is 0.292 e. The van der Waals surface area contributed by atoms with Gasteiger partial charge in [0.2, 0.25) is 0 Å². The van der Waals surface area contributed by atoms with Gasteiger partial charge in [0.25, 0.3) is 0 Å². The van der Waals surface area contributed by atoms with Gasteiger partial charge in [-0.25, -0.2) is 4.39 Å². The van der Waals surface area contributed by atoms with E-state index in [1.54, 1.807) is 25.1 Å². The van der Waals surface area contributed by atoms with Crippen LogP contribution in [0.5, 0.6) is 0 Å². The quantitative estimate of drug-likeness (QED) is 0.790. The summed E-state index contributed by atoms with van der Waals surface area (Å²) in [6, 6.07) is 13.6. The van der Waals surface area contributed by atoms with Gasteiger partial charge in [-0.3, -0.25) is 4.79 Å². The molecule has 0 aliphatic heterocycles. The number of benzene rings is 2. The molecule has 0 aliphatic carbocycles. The number of rotatable bonds is 3. The van der Waals surface area contributed by atoms with Gasteiger partial charge in [-0.2, -0.15) is 5.26 Å². The zero-order valence-electron chi connectivity index (χ0n) is 11.4. The van der Waals surface area contributed by atoms with E-state index in [-0.39, 0.29) is 5.56 Å². The third-order valence-electron chi connectivity index (χ3n) is 3.28. The maximum Gasteiger partial charge on any atom is 0.187 e. The zero-order chi connectivity index (χ0) is 14.7. The summed E-state index contributed by atoms with van der Waals surface area (Å²) < 4.78 is 13.9. The smallest absolute Gasteiger partial charge is 0.187 e. The molecular formula is C17H14FNO. The fourth-order valence-electron chi connectivity index (χ4n) is 2.16. The van der Waals surface area contributed by atoms with E-state index in [9.17, 15) is 14.4 Å². The second kappa shape index (κ2) is 5.66. The van der Waals surface area contributed by atoms with Gasteiger partial charge < -0.3 is 0 Å². The molecule has 0 spiro atoms. The lowest BCUT2D eigenvalue weighted by Gasteiger charge is -2.12. The predicted molar refractivity (Wildman–Crippen MR) is 75.0 cm³/mol. The zero-order valence-corrected chi connectivity index (χ0v) is 11.4. The Bertz CT molecular complexity index is 700. The Hall–Kier alpha value is -2.47. The fraction of sp³-hybridized carbons (Fsp3) is 0.176. The average Bonchev–Trinajstić information content (AvgIpc) is 2.41. The second-order valence-electron chi connectivity index (χ2n) is 4.77. The number of halogens is 1. The highest BCUT2D eigenvalue weighted by molar-refractivity contribution is 6.03. The third-order valence-corrected chi connectivity index (χ3v) is 3.28. The van der Waals surface area contributed by atoms with Crippen LogP contribution in [0.15, 0.2) is 42.5 Å². The lowest BCUT2D eigenvalue weighted by atomic mass is 9.89. The summed E-state index contributed by atoms with van der Waals surface area (Å²) in [7, 11) is 0. The van der Waals surface area contributed by atoms with E-state index in [2.05, 4.69) is 0 Å². The van der Waals surface area contributed by atoms with E-state index in [4.69, 9.17) is 0 Å². The van der Waals surface area contributed by atoms with Gasteiger partial charge in [0.1, 0.15) is 11.7 Å². The van der Waals surface area contributed by atoms with Gasteiger partial charge in [-0.05, 0) is 42.7 Å². The number of carbonyl (C=O) groups excluding carboxylic acids is 1. The summed E-state index contributed by atoms with van der Waals surface area (Å²) in [6.45, 7) is 3.58. The van der Waals surface area contributed by atoms with Crippen molar-refractivity contribution in [2.45, 2.75) is 19.8 Å². The molecule has 0 saturated carbocycles. The van der Waals surface area contributed by atoms with Crippen LogP contribution in [0.1, 0.15) is 33.0 Å². The first-order chi connectivity index (χ1) is 9.54. The fourth-order valence-corrected chi connectivity index (χ4v) is 2.16. The van der Waals surface area contributed by atoms with Crippen LogP contribution < -0.4 is 0 Å². The van der Waals surface area contributed by atoms with Gasteiger partial charge in [0.15, 0.2) is 5.78 Å². The van der Waals surface area contributed by atoms with Crippen molar-refractivity contribution in [1.29, 1.82) is 5.26 Å². The SMILES string of the molecule is Cc1ccc(C(=O)C(C#N)c2ccccc2C)c(F)c1. The Labute approximate surface area is 117 Å². The molecule has 0 amide bonds. The molecule has 0 bridgehead atoms. The van der Waals surface area contributed by atoms with Gasteiger partial charge >= 0.3 is 0 Å². The van der Waals surface area contributed by atoms with Crippen LogP contribution in [0.3, 0.4) is 0 Å². The van der Waals surface area contributed by atoms with E-state index in [0.29, 0.717) is 5.56 Å². The molecule has 2 aromatic carbocycles. The molecule has 20 heavy (non-hydrogen) atoms. The highest BCUT2D eigenvalue weighted by atomic mass is 19.1. The Morgan fingerprint density at radius 3 is 2.50 bits per heavy atom. The molecule has 3 heteroatoms. The van der Waals surface area contributed by atoms with Crippen LogP contribution in [0.25, 0.3) is 0 Å². The first-order valence-electron chi connectivity index (χ1n) is 6.30. The highest BCUT2D eigenvalue weighted by Gasteiger charge is 2.25. The average molecular weight is 267 g/mol. The molecule has 0 radical (unpaired) electrons. The van der Waals surface area contributed by atoms with E-state index < -0.39 is 17.5 Å². The summed E-state index contributed by atoms with van der Waals surface area (Å²) in [4.78, 5) is 12.4. The number of hydrogen-bond acceptors (Lipinski definition) is 2. The number of Topliss-reactive ketones (excluding diaryl/α,β-unsaturated/α-hetero) is 1. The van der Waals surface area contributed by atoms with Gasteiger partial charge in [0, 0.05) is 0 Å². The summed E-state index contributed by atoms with van der Waals surface area (Å²) >= 11 is 0. The van der Waals surface area contributed by atoms with Crippen LogP contribution >= 0.6 is 0 Å². The van der Waals surface area contributed by atoms with Crippen molar-refractivity contribution in [3.8, 4) is 6.07 Å². The topological polar surface area (TPSA) is 40.9 Å². The number of nitrogens with zero attached hydrogens (tertiary/aromatic N) is 1. The van der Waals surface area contributed by atoms with E-state index in [1.165, 1.54) is 12.1 Å². The normalized spacial score (nSPS) is 11.7. The molecule has 0 N–H and O–H groups in total. The molecule has 0 heterocycles. The number of hydrogen-bond donors (Lipinski definition) is 0. The summed E-state index contributed by atoms with van der Waals surface area (Å²) in [5.41, 5.74) is 2.17. The number of carbonyl (C=O) groups is 1. The molecule has 0 fully saturated rings. The van der Waals surface area contributed by atoms with E-state index >= 15 is 0 Å². The van der Waals surface area contributed by atoms with E-state index in [0.717, 1.165) is 11.1 Å². The lowest BCUT2D eigenvalue weighted by Crippen LogP contribution is -2.14. The summed E-state index contributed by atoms with van der Waals surface area (Å²) in [5, 5.41) is 9.29. The summed E-state index contributed by atoms with van der Waals surface area (Å²) in [6.07, 6.45) is 0. The Balaban J connectivity index is 2.45. The van der Waals surface area contributed by atoms with Crippen molar-refractivity contribution in [3.63, 3.8) is 0 Å². The van der Waals surface area contributed by atoms with Crippen LogP contribution in [0, 0.1) is 31.0 Å². The molecule has 2 nitrogen and oxygen atoms in total. The highest BCUT2D eigenvalue weighted by Crippen LogP contribution is 2.25. The minimum absolute atomic E-state index is 0.0367. The Morgan fingerprint density at radius 2 is 1.90 bits per heavy atom. The molecule has 2 aromatic rings. The monoisotopic (exact) mass is 267 g/mol. The van der Waals surface area contributed by atoms with Crippen molar-refractivity contribution >= 4 is 5.78 Å².